The van der Waals surface area contributed by atoms with Gasteiger partial charge in [-0.1, -0.05) is 36.4 Å². The van der Waals surface area contributed by atoms with Gasteiger partial charge in [-0.15, -0.1) is 0 Å². The lowest BCUT2D eigenvalue weighted by Crippen LogP contribution is -2.39. The molecule has 0 radical (unpaired) electrons. The fourth-order valence-corrected chi connectivity index (χ4v) is 3.35. The molecule has 0 saturated carbocycles. The van der Waals surface area contributed by atoms with Crippen LogP contribution in [0.15, 0.2) is 54.6 Å². The van der Waals surface area contributed by atoms with Crippen LogP contribution in [0.1, 0.15) is 42.6 Å². The summed E-state index contributed by atoms with van der Waals surface area (Å²) in [5.74, 6) is -0.766. The molecule has 0 unspecified atom stereocenters. The number of amides is 2. The molecule has 0 bridgehead atoms. The number of nitrogens with zero attached hydrogens (tertiary/aromatic N) is 2. The molecule has 29 heavy (non-hydrogen) atoms. The van der Waals surface area contributed by atoms with Crippen molar-refractivity contribution in [2.45, 2.75) is 39.3 Å². The van der Waals surface area contributed by atoms with Crippen molar-refractivity contribution in [3.8, 4) is 0 Å². The van der Waals surface area contributed by atoms with E-state index in [4.69, 9.17) is 4.74 Å². The highest BCUT2D eigenvalue weighted by Gasteiger charge is 2.23. The molecular formula is C23H26N2O4. The maximum Gasteiger partial charge on any atom is 0.338 e. The smallest absolute Gasteiger partial charge is 0.338 e. The van der Waals surface area contributed by atoms with Crippen molar-refractivity contribution < 1.29 is 19.1 Å². The minimum absolute atomic E-state index is 0.0223. The predicted molar refractivity (Wildman–Crippen MR) is 110 cm³/mol. The number of rotatable bonds is 7. The van der Waals surface area contributed by atoms with Crippen LogP contribution in [0.5, 0.6) is 0 Å². The van der Waals surface area contributed by atoms with Crippen LogP contribution in [0.25, 0.3) is 0 Å². The minimum atomic E-state index is -0.574. The molecule has 1 heterocycles. The van der Waals surface area contributed by atoms with E-state index in [0.717, 1.165) is 12.0 Å². The summed E-state index contributed by atoms with van der Waals surface area (Å²) in [7, 11) is 0. The summed E-state index contributed by atoms with van der Waals surface area (Å²) in [5.41, 5.74) is 2.03. The lowest BCUT2D eigenvalue weighted by molar-refractivity contribution is -0.137. The predicted octanol–water partition coefficient (Wildman–Crippen LogP) is 3.41. The fourth-order valence-electron chi connectivity index (χ4n) is 3.35. The van der Waals surface area contributed by atoms with Gasteiger partial charge in [0.25, 0.3) is 5.91 Å². The Labute approximate surface area is 171 Å². The topological polar surface area (TPSA) is 66.9 Å². The second-order valence-electron chi connectivity index (χ2n) is 7.38. The highest BCUT2D eigenvalue weighted by Crippen LogP contribution is 2.22. The molecule has 1 aliphatic heterocycles. The molecule has 0 aromatic heterocycles. The molecule has 0 spiro atoms. The Morgan fingerprint density at radius 3 is 2.52 bits per heavy atom. The van der Waals surface area contributed by atoms with Crippen LogP contribution in [0.2, 0.25) is 0 Å². The van der Waals surface area contributed by atoms with Crippen LogP contribution < -0.4 is 4.90 Å². The quantitative estimate of drug-likeness (QED) is 0.675. The third-order valence-electron chi connectivity index (χ3n) is 4.93. The number of ether oxygens (including phenoxy) is 1. The number of carbonyl (C=O) groups excluding carboxylic acids is 3. The average Bonchev–Trinajstić information content (AvgIpc) is 3.16. The van der Waals surface area contributed by atoms with Crippen molar-refractivity contribution in [1.82, 2.24) is 4.90 Å². The Morgan fingerprint density at radius 1 is 1.10 bits per heavy atom. The summed E-state index contributed by atoms with van der Waals surface area (Å²) in [6.45, 7) is 4.65. The summed E-state index contributed by atoms with van der Waals surface area (Å²) < 4.78 is 5.27. The number of carbonyl (C=O) groups is 3. The molecule has 6 heteroatoms. The lowest BCUT2D eigenvalue weighted by Gasteiger charge is -2.26. The van der Waals surface area contributed by atoms with Crippen LogP contribution in [0.4, 0.5) is 5.69 Å². The van der Waals surface area contributed by atoms with Crippen LogP contribution in [-0.2, 0) is 20.9 Å². The molecule has 2 aromatic rings. The number of hydrogen-bond acceptors (Lipinski definition) is 4. The molecule has 2 amide bonds. The van der Waals surface area contributed by atoms with E-state index < -0.39 is 5.97 Å². The highest BCUT2D eigenvalue weighted by molar-refractivity contribution is 5.97. The Hall–Kier alpha value is -3.15. The van der Waals surface area contributed by atoms with E-state index in [-0.39, 0.29) is 24.5 Å². The standard InChI is InChI=1S/C23H26N2O4/c1-17(2)25(15-18-8-4-3-5-9-18)22(27)16-29-23(28)19-10-6-11-20(14-19)24-13-7-12-21(24)26/h3-6,8-11,14,17H,7,12-13,15-16H2,1-2H3. The van der Waals surface area contributed by atoms with E-state index >= 15 is 0 Å². The molecule has 0 aliphatic carbocycles. The van der Waals surface area contributed by atoms with Crippen molar-refractivity contribution >= 4 is 23.5 Å². The SMILES string of the molecule is CC(C)N(Cc1ccccc1)C(=O)COC(=O)c1cccc(N2CCCC2=O)c1. The van der Waals surface area contributed by atoms with Gasteiger partial charge in [-0.2, -0.15) is 0 Å². The summed E-state index contributed by atoms with van der Waals surface area (Å²) >= 11 is 0. The summed E-state index contributed by atoms with van der Waals surface area (Å²) in [6, 6.07) is 16.5. The van der Waals surface area contributed by atoms with Gasteiger partial charge in [-0.05, 0) is 44.0 Å². The highest BCUT2D eigenvalue weighted by atomic mass is 16.5. The van der Waals surface area contributed by atoms with E-state index in [0.29, 0.717) is 30.8 Å². The number of hydrogen-bond donors (Lipinski definition) is 0. The van der Waals surface area contributed by atoms with Gasteiger partial charge in [0, 0.05) is 31.2 Å². The largest absolute Gasteiger partial charge is 0.452 e. The van der Waals surface area contributed by atoms with Gasteiger partial charge in [0.05, 0.1) is 5.56 Å². The zero-order valence-electron chi connectivity index (χ0n) is 16.8. The zero-order valence-corrected chi connectivity index (χ0v) is 16.8. The van der Waals surface area contributed by atoms with E-state index in [2.05, 4.69) is 0 Å². The maximum atomic E-state index is 12.6. The maximum absolute atomic E-state index is 12.6. The van der Waals surface area contributed by atoms with Crippen molar-refractivity contribution in [2.24, 2.45) is 0 Å². The van der Waals surface area contributed by atoms with Crippen LogP contribution >= 0.6 is 0 Å². The van der Waals surface area contributed by atoms with E-state index in [1.807, 2.05) is 44.2 Å². The second-order valence-corrected chi connectivity index (χ2v) is 7.38. The van der Waals surface area contributed by atoms with E-state index in [9.17, 15) is 14.4 Å². The van der Waals surface area contributed by atoms with E-state index in [1.165, 1.54) is 0 Å². The van der Waals surface area contributed by atoms with E-state index in [1.54, 1.807) is 34.1 Å². The van der Waals surface area contributed by atoms with Crippen molar-refractivity contribution in [2.75, 3.05) is 18.1 Å². The Balaban J connectivity index is 1.61. The number of anilines is 1. The van der Waals surface area contributed by atoms with Crippen molar-refractivity contribution in [3.05, 3.63) is 65.7 Å². The Kier molecular flexibility index (Phi) is 6.65. The lowest BCUT2D eigenvalue weighted by atomic mass is 10.2. The molecule has 0 atom stereocenters. The third kappa shape index (κ3) is 5.22. The van der Waals surface area contributed by atoms with Gasteiger partial charge in [0.1, 0.15) is 0 Å². The van der Waals surface area contributed by atoms with Crippen LogP contribution in [0, 0.1) is 0 Å². The Morgan fingerprint density at radius 2 is 1.86 bits per heavy atom. The third-order valence-corrected chi connectivity index (χ3v) is 4.93. The van der Waals surface area contributed by atoms with Gasteiger partial charge in [0.2, 0.25) is 5.91 Å². The molecule has 3 rings (SSSR count). The molecule has 6 nitrogen and oxygen atoms in total. The Bertz CT molecular complexity index is 879. The molecule has 1 fully saturated rings. The first kappa shape index (κ1) is 20.6. The van der Waals surface area contributed by atoms with Gasteiger partial charge in [-0.3, -0.25) is 9.59 Å². The minimum Gasteiger partial charge on any atom is -0.452 e. The van der Waals surface area contributed by atoms with Crippen LogP contribution in [0.3, 0.4) is 0 Å². The number of benzene rings is 2. The first-order chi connectivity index (χ1) is 14.0. The fraction of sp³-hybridized carbons (Fsp3) is 0.348. The molecule has 1 saturated heterocycles. The first-order valence-corrected chi connectivity index (χ1v) is 9.86. The summed E-state index contributed by atoms with van der Waals surface area (Å²) in [6.07, 6.45) is 1.34. The normalized spacial score (nSPS) is 13.6. The van der Waals surface area contributed by atoms with Gasteiger partial charge in [-0.25, -0.2) is 4.79 Å². The molecule has 152 valence electrons. The van der Waals surface area contributed by atoms with Gasteiger partial charge < -0.3 is 14.5 Å². The number of esters is 1. The average molecular weight is 394 g/mol. The van der Waals surface area contributed by atoms with Gasteiger partial charge >= 0.3 is 5.97 Å². The van der Waals surface area contributed by atoms with Crippen LogP contribution in [-0.4, -0.2) is 41.9 Å². The molecule has 1 aliphatic rings. The second kappa shape index (κ2) is 9.37. The first-order valence-electron chi connectivity index (χ1n) is 9.86. The summed E-state index contributed by atoms with van der Waals surface area (Å²) in [4.78, 5) is 40.4. The molecule has 0 N–H and O–H groups in total. The zero-order chi connectivity index (χ0) is 20.8. The van der Waals surface area contributed by atoms with Gasteiger partial charge in [0.15, 0.2) is 6.61 Å². The van der Waals surface area contributed by atoms with Crippen molar-refractivity contribution in [3.63, 3.8) is 0 Å². The summed E-state index contributed by atoms with van der Waals surface area (Å²) in [5, 5.41) is 0. The molecular weight excluding hydrogens is 368 g/mol. The van der Waals surface area contributed by atoms with Crippen molar-refractivity contribution in [1.29, 1.82) is 0 Å². The molecule has 2 aromatic carbocycles. The monoisotopic (exact) mass is 394 g/mol.